The topological polar surface area (TPSA) is 53.1 Å². The Morgan fingerprint density at radius 3 is 2.62 bits per heavy atom. The van der Waals surface area contributed by atoms with Crippen LogP contribution < -0.4 is 10.5 Å². The largest absolute Gasteiger partial charge is 0.473 e. The standard InChI is InChI=1S/C12H15N3O/c1-9-3-5-11(6-4-9)15-8-12(7-14-15)16-10(2)13/h3-8,10H,13H2,1-2H3. The number of aryl methyl sites for hydroxylation is 1. The molecule has 1 unspecified atom stereocenters. The van der Waals surface area contributed by atoms with Gasteiger partial charge in [-0.05, 0) is 26.0 Å². The van der Waals surface area contributed by atoms with E-state index in [-0.39, 0.29) is 6.23 Å². The molecule has 0 amide bonds. The average Bonchev–Trinajstić information content (AvgIpc) is 2.66. The van der Waals surface area contributed by atoms with E-state index in [9.17, 15) is 0 Å². The molecule has 0 saturated carbocycles. The zero-order valence-corrected chi connectivity index (χ0v) is 9.42. The molecule has 2 aromatic rings. The van der Waals surface area contributed by atoms with Gasteiger partial charge in [0.05, 0.1) is 18.1 Å². The minimum atomic E-state index is -0.323. The van der Waals surface area contributed by atoms with Crippen LogP contribution in [-0.4, -0.2) is 16.0 Å². The first-order valence-electron chi connectivity index (χ1n) is 5.19. The summed E-state index contributed by atoms with van der Waals surface area (Å²) >= 11 is 0. The van der Waals surface area contributed by atoms with Crippen molar-refractivity contribution in [3.8, 4) is 11.4 Å². The van der Waals surface area contributed by atoms with E-state index in [1.807, 2.05) is 30.5 Å². The third-order valence-corrected chi connectivity index (χ3v) is 2.18. The number of rotatable bonds is 3. The summed E-state index contributed by atoms with van der Waals surface area (Å²) in [5, 5.41) is 4.21. The van der Waals surface area contributed by atoms with Crippen molar-refractivity contribution in [1.29, 1.82) is 0 Å². The molecule has 1 heterocycles. The highest BCUT2D eigenvalue weighted by Crippen LogP contribution is 2.14. The van der Waals surface area contributed by atoms with E-state index >= 15 is 0 Å². The van der Waals surface area contributed by atoms with Gasteiger partial charge in [0.25, 0.3) is 0 Å². The van der Waals surface area contributed by atoms with E-state index < -0.39 is 0 Å². The third-order valence-electron chi connectivity index (χ3n) is 2.18. The molecule has 0 radical (unpaired) electrons. The Labute approximate surface area is 94.6 Å². The molecule has 1 aromatic heterocycles. The smallest absolute Gasteiger partial charge is 0.160 e. The van der Waals surface area contributed by atoms with Crippen molar-refractivity contribution in [2.75, 3.05) is 0 Å². The summed E-state index contributed by atoms with van der Waals surface area (Å²) < 4.78 is 7.10. The zero-order chi connectivity index (χ0) is 11.5. The maximum Gasteiger partial charge on any atom is 0.160 e. The Morgan fingerprint density at radius 1 is 1.31 bits per heavy atom. The molecule has 0 spiro atoms. The molecule has 2 rings (SSSR count). The molecule has 1 aromatic carbocycles. The van der Waals surface area contributed by atoms with Crippen LogP contribution in [0.25, 0.3) is 5.69 Å². The van der Waals surface area contributed by atoms with E-state index in [0.717, 1.165) is 5.69 Å². The molecule has 4 heteroatoms. The first-order valence-corrected chi connectivity index (χ1v) is 5.19. The Balaban J connectivity index is 2.21. The lowest BCUT2D eigenvalue weighted by Gasteiger charge is -2.05. The Hall–Kier alpha value is -1.81. The van der Waals surface area contributed by atoms with E-state index in [4.69, 9.17) is 10.5 Å². The summed E-state index contributed by atoms with van der Waals surface area (Å²) in [6.45, 7) is 3.83. The Kier molecular flexibility index (Phi) is 2.92. The minimum absolute atomic E-state index is 0.323. The molecule has 16 heavy (non-hydrogen) atoms. The number of hydrogen-bond acceptors (Lipinski definition) is 3. The Morgan fingerprint density at radius 2 is 2.00 bits per heavy atom. The van der Waals surface area contributed by atoms with Crippen molar-refractivity contribution in [1.82, 2.24) is 9.78 Å². The van der Waals surface area contributed by atoms with Crippen LogP contribution in [0.1, 0.15) is 12.5 Å². The van der Waals surface area contributed by atoms with Crippen LogP contribution >= 0.6 is 0 Å². The van der Waals surface area contributed by atoms with Gasteiger partial charge < -0.3 is 4.74 Å². The van der Waals surface area contributed by atoms with Crippen molar-refractivity contribution < 1.29 is 4.74 Å². The molecule has 0 aliphatic carbocycles. The number of benzene rings is 1. The highest BCUT2D eigenvalue weighted by molar-refractivity contribution is 5.34. The lowest BCUT2D eigenvalue weighted by Crippen LogP contribution is -2.22. The van der Waals surface area contributed by atoms with Gasteiger partial charge in [0, 0.05) is 0 Å². The summed E-state index contributed by atoms with van der Waals surface area (Å²) in [4.78, 5) is 0. The maximum absolute atomic E-state index is 5.53. The molecule has 0 saturated heterocycles. The second kappa shape index (κ2) is 4.37. The third kappa shape index (κ3) is 2.41. The molecule has 84 valence electrons. The van der Waals surface area contributed by atoms with E-state index in [1.54, 1.807) is 17.8 Å². The van der Waals surface area contributed by atoms with Gasteiger partial charge >= 0.3 is 0 Å². The van der Waals surface area contributed by atoms with Crippen LogP contribution in [0.5, 0.6) is 5.75 Å². The van der Waals surface area contributed by atoms with Gasteiger partial charge in [-0.1, -0.05) is 17.7 Å². The van der Waals surface area contributed by atoms with Crippen LogP contribution in [0.2, 0.25) is 0 Å². The monoisotopic (exact) mass is 217 g/mol. The molecule has 0 fully saturated rings. The van der Waals surface area contributed by atoms with Crippen molar-refractivity contribution in [3.05, 3.63) is 42.2 Å². The normalized spacial score (nSPS) is 12.4. The van der Waals surface area contributed by atoms with Crippen molar-refractivity contribution in [3.63, 3.8) is 0 Å². The van der Waals surface area contributed by atoms with Crippen molar-refractivity contribution in [2.45, 2.75) is 20.1 Å². The van der Waals surface area contributed by atoms with Crippen LogP contribution in [0.15, 0.2) is 36.7 Å². The molecular weight excluding hydrogens is 202 g/mol. The lowest BCUT2D eigenvalue weighted by molar-refractivity contribution is 0.230. The predicted molar refractivity (Wildman–Crippen MR) is 62.6 cm³/mol. The van der Waals surface area contributed by atoms with Crippen LogP contribution in [0, 0.1) is 6.92 Å². The van der Waals surface area contributed by atoms with Gasteiger partial charge in [-0.25, -0.2) is 4.68 Å². The summed E-state index contributed by atoms with van der Waals surface area (Å²) in [5.41, 5.74) is 7.76. The van der Waals surface area contributed by atoms with Crippen LogP contribution in [0.3, 0.4) is 0 Å². The van der Waals surface area contributed by atoms with E-state index in [1.165, 1.54) is 5.56 Å². The van der Waals surface area contributed by atoms with Crippen molar-refractivity contribution >= 4 is 0 Å². The van der Waals surface area contributed by atoms with Crippen molar-refractivity contribution in [2.24, 2.45) is 5.73 Å². The molecule has 0 aliphatic heterocycles. The zero-order valence-electron chi connectivity index (χ0n) is 9.42. The molecular formula is C12H15N3O. The molecule has 0 aliphatic rings. The first-order chi connectivity index (χ1) is 7.65. The second-order valence-corrected chi connectivity index (χ2v) is 3.78. The number of nitrogens with two attached hydrogens (primary N) is 1. The highest BCUT2D eigenvalue weighted by Gasteiger charge is 2.03. The minimum Gasteiger partial charge on any atom is -0.473 e. The van der Waals surface area contributed by atoms with Gasteiger partial charge in [0.15, 0.2) is 5.75 Å². The number of ether oxygens (including phenoxy) is 1. The quantitative estimate of drug-likeness (QED) is 0.798. The maximum atomic E-state index is 5.53. The second-order valence-electron chi connectivity index (χ2n) is 3.78. The summed E-state index contributed by atoms with van der Waals surface area (Å²) in [6.07, 6.45) is 3.15. The molecule has 4 nitrogen and oxygen atoms in total. The summed E-state index contributed by atoms with van der Waals surface area (Å²) in [6, 6.07) is 8.11. The fraction of sp³-hybridized carbons (Fsp3) is 0.250. The number of aromatic nitrogens is 2. The fourth-order valence-electron chi connectivity index (χ4n) is 1.42. The fourth-order valence-corrected chi connectivity index (χ4v) is 1.42. The van der Waals surface area contributed by atoms with Gasteiger partial charge in [0.1, 0.15) is 6.23 Å². The van der Waals surface area contributed by atoms with Gasteiger partial charge in [-0.3, -0.25) is 5.73 Å². The molecule has 0 bridgehead atoms. The average molecular weight is 217 g/mol. The summed E-state index contributed by atoms with van der Waals surface area (Å²) in [7, 11) is 0. The number of nitrogens with zero attached hydrogens (tertiary/aromatic N) is 2. The van der Waals surface area contributed by atoms with Gasteiger partial charge in [-0.2, -0.15) is 5.10 Å². The molecule has 2 N–H and O–H groups in total. The first kappa shape index (κ1) is 10.7. The predicted octanol–water partition coefficient (Wildman–Crippen LogP) is 1.86. The van der Waals surface area contributed by atoms with E-state index in [0.29, 0.717) is 5.75 Å². The van der Waals surface area contributed by atoms with Crippen LogP contribution in [0.4, 0.5) is 0 Å². The molecule has 1 atom stereocenters. The van der Waals surface area contributed by atoms with Gasteiger partial charge in [-0.15, -0.1) is 0 Å². The van der Waals surface area contributed by atoms with Crippen LogP contribution in [-0.2, 0) is 0 Å². The summed E-state index contributed by atoms with van der Waals surface area (Å²) in [5.74, 6) is 0.676. The highest BCUT2D eigenvalue weighted by atomic mass is 16.5. The lowest BCUT2D eigenvalue weighted by atomic mass is 10.2. The number of hydrogen-bond donors (Lipinski definition) is 1. The van der Waals surface area contributed by atoms with E-state index in [2.05, 4.69) is 12.0 Å². The van der Waals surface area contributed by atoms with Gasteiger partial charge in [0.2, 0.25) is 0 Å². The Bertz CT molecular complexity index is 459. The SMILES string of the molecule is Cc1ccc(-n2cc(OC(C)N)cn2)cc1.